The molecule has 2 aliphatic heterocycles. The standard InChI is InChI=1S/C23H24ClF3N4O2/c1-15-20(10-14-32)31(29-21(15)23(25,26)27)16-4-6-17(7-5-16)33-18-8-12-30(13-9-18)22-19(24)3-2-11-28-22/h2-7,11,14-15,18,20H,8-10,12-13H2,1H3. The molecule has 0 aliphatic carbocycles. The van der Waals surface area contributed by atoms with Gasteiger partial charge in [0.2, 0.25) is 0 Å². The van der Waals surface area contributed by atoms with E-state index in [9.17, 15) is 18.0 Å². The number of alkyl halides is 3. The van der Waals surface area contributed by atoms with Crippen molar-refractivity contribution in [2.45, 2.75) is 44.5 Å². The number of halogens is 4. The Morgan fingerprint density at radius 2 is 1.88 bits per heavy atom. The Balaban J connectivity index is 1.40. The van der Waals surface area contributed by atoms with E-state index in [0.29, 0.717) is 22.7 Å². The molecule has 0 spiro atoms. The lowest BCUT2D eigenvalue weighted by molar-refractivity contribution is -0.108. The van der Waals surface area contributed by atoms with E-state index in [2.05, 4.69) is 15.0 Å². The number of ether oxygens (including phenoxy) is 1. The van der Waals surface area contributed by atoms with E-state index in [1.54, 1.807) is 36.5 Å². The number of pyridine rings is 1. The molecule has 2 atom stereocenters. The summed E-state index contributed by atoms with van der Waals surface area (Å²) in [5.74, 6) is 0.502. The number of nitrogens with zero attached hydrogens (tertiary/aromatic N) is 4. The molecule has 2 unspecified atom stereocenters. The van der Waals surface area contributed by atoms with Gasteiger partial charge in [-0.05, 0) is 36.4 Å². The summed E-state index contributed by atoms with van der Waals surface area (Å²) in [6, 6.07) is 9.73. The Morgan fingerprint density at radius 1 is 1.18 bits per heavy atom. The number of carbonyl (C=O) groups is 1. The average Bonchev–Trinajstić information content (AvgIpc) is 3.12. The number of carbonyl (C=O) groups excluding carboxylic acids is 1. The highest BCUT2D eigenvalue weighted by Crippen LogP contribution is 2.36. The highest BCUT2D eigenvalue weighted by atomic mass is 35.5. The molecule has 3 heterocycles. The topological polar surface area (TPSA) is 58.0 Å². The molecule has 6 nitrogen and oxygen atoms in total. The molecule has 10 heteroatoms. The van der Waals surface area contributed by atoms with Gasteiger partial charge in [-0.2, -0.15) is 18.3 Å². The Hall–Kier alpha value is -2.81. The van der Waals surface area contributed by atoms with Crippen LogP contribution in [-0.4, -0.2) is 48.4 Å². The second-order valence-corrected chi connectivity index (χ2v) is 8.60. The van der Waals surface area contributed by atoms with Crippen LogP contribution in [0, 0.1) is 5.92 Å². The maximum Gasteiger partial charge on any atom is 0.431 e. The predicted molar refractivity (Wildman–Crippen MR) is 121 cm³/mol. The van der Waals surface area contributed by atoms with Crippen molar-refractivity contribution < 1.29 is 22.7 Å². The predicted octanol–water partition coefficient (Wildman–Crippen LogP) is 5.11. The Bertz CT molecular complexity index is 1010. The summed E-state index contributed by atoms with van der Waals surface area (Å²) in [5, 5.41) is 5.71. The highest BCUT2D eigenvalue weighted by Gasteiger charge is 2.48. The summed E-state index contributed by atoms with van der Waals surface area (Å²) in [5.41, 5.74) is -0.380. The summed E-state index contributed by atoms with van der Waals surface area (Å²) < 4.78 is 46.0. The smallest absolute Gasteiger partial charge is 0.431 e. The van der Waals surface area contributed by atoms with E-state index in [1.807, 2.05) is 6.07 Å². The van der Waals surface area contributed by atoms with Crippen LogP contribution in [0.4, 0.5) is 24.7 Å². The number of hydrazone groups is 1. The van der Waals surface area contributed by atoms with Crippen molar-refractivity contribution in [2.24, 2.45) is 11.0 Å². The lowest BCUT2D eigenvalue weighted by Crippen LogP contribution is -2.38. The van der Waals surface area contributed by atoms with Gasteiger partial charge in [-0.3, -0.25) is 5.01 Å². The fourth-order valence-corrected chi connectivity index (χ4v) is 4.55. The van der Waals surface area contributed by atoms with E-state index in [1.165, 1.54) is 11.9 Å². The van der Waals surface area contributed by atoms with Crippen molar-refractivity contribution >= 4 is 35.1 Å². The molecule has 0 saturated carbocycles. The molecule has 1 fully saturated rings. The molecule has 33 heavy (non-hydrogen) atoms. The van der Waals surface area contributed by atoms with Gasteiger partial charge in [0.15, 0.2) is 0 Å². The number of benzene rings is 1. The number of hydrogen-bond donors (Lipinski definition) is 0. The van der Waals surface area contributed by atoms with Crippen LogP contribution in [0.15, 0.2) is 47.7 Å². The van der Waals surface area contributed by atoms with Crippen molar-refractivity contribution in [3.63, 3.8) is 0 Å². The van der Waals surface area contributed by atoms with Gasteiger partial charge >= 0.3 is 6.18 Å². The number of hydrogen-bond acceptors (Lipinski definition) is 6. The molecule has 1 aromatic heterocycles. The Morgan fingerprint density at radius 3 is 2.48 bits per heavy atom. The van der Waals surface area contributed by atoms with Crippen LogP contribution in [-0.2, 0) is 4.79 Å². The van der Waals surface area contributed by atoms with E-state index in [4.69, 9.17) is 16.3 Å². The normalized spacial score (nSPS) is 21.8. The first-order valence-corrected chi connectivity index (χ1v) is 11.2. The fourth-order valence-electron chi connectivity index (χ4n) is 4.31. The van der Waals surface area contributed by atoms with Crippen LogP contribution in [0.3, 0.4) is 0 Å². The maximum absolute atomic E-state index is 13.3. The first-order valence-electron chi connectivity index (χ1n) is 10.8. The zero-order chi connectivity index (χ0) is 23.6. The van der Waals surface area contributed by atoms with Gasteiger partial charge in [0.25, 0.3) is 0 Å². The van der Waals surface area contributed by atoms with Gasteiger partial charge in [-0.15, -0.1) is 0 Å². The largest absolute Gasteiger partial charge is 0.490 e. The summed E-state index contributed by atoms with van der Waals surface area (Å²) >= 11 is 6.24. The third kappa shape index (κ3) is 5.08. The number of piperidine rings is 1. The number of anilines is 2. The van der Waals surface area contributed by atoms with Crippen LogP contribution in [0.25, 0.3) is 0 Å². The number of aromatic nitrogens is 1. The molecular formula is C23H24ClF3N4O2. The van der Waals surface area contributed by atoms with Gasteiger partial charge in [-0.1, -0.05) is 18.5 Å². The Labute approximate surface area is 195 Å². The summed E-state index contributed by atoms with van der Waals surface area (Å²) in [4.78, 5) is 17.5. The number of aldehydes is 1. The molecule has 1 saturated heterocycles. The Kier molecular flexibility index (Phi) is 6.78. The third-order valence-electron chi connectivity index (χ3n) is 6.05. The van der Waals surface area contributed by atoms with Crippen LogP contribution < -0.4 is 14.6 Å². The second-order valence-electron chi connectivity index (χ2n) is 8.19. The molecule has 0 bridgehead atoms. The monoisotopic (exact) mass is 480 g/mol. The fraction of sp³-hybridized carbons (Fsp3) is 0.435. The summed E-state index contributed by atoms with van der Waals surface area (Å²) in [7, 11) is 0. The third-order valence-corrected chi connectivity index (χ3v) is 6.35. The van der Waals surface area contributed by atoms with Gasteiger partial charge in [0.1, 0.15) is 29.7 Å². The van der Waals surface area contributed by atoms with Gasteiger partial charge in [0, 0.05) is 44.5 Å². The zero-order valence-electron chi connectivity index (χ0n) is 18.0. The van der Waals surface area contributed by atoms with E-state index in [0.717, 1.165) is 31.7 Å². The van der Waals surface area contributed by atoms with E-state index < -0.39 is 23.8 Å². The molecule has 176 valence electrons. The van der Waals surface area contributed by atoms with Crippen LogP contribution in [0.2, 0.25) is 5.02 Å². The van der Waals surface area contributed by atoms with Crippen molar-refractivity contribution in [3.05, 3.63) is 47.6 Å². The van der Waals surface area contributed by atoms with Crippen LogP contribution in [0.1, 0.15) is 26.2 Å². The minimum atomic E-state index is -4.54. The lowest BCUT2D eigenvalue weighted by atomic mass is 9.95. The van der Waals surface area contributed by atoms with E-state index >= 15 is 0 Å². The minimum absolute atomic E-state index is 0.0130. The first kappa shape index (κ1) is 23.4. The average molecular weight is 481 g/mol. The molecular weight excluding hydrogens is 457 g/mol. The molecule has 1 aromatic carbocycles. The SMILES string of the molecule is CC1C(C(F)(F)F)=NN(c2ccc(OC3CCN(c4ncccc4Cl)CC3)cc2)C1CC=O. The second kappa shape index (κ2) is 9.59. The molecule has 4 rings (SSSR count). The molecule has 0 N–H and O–H groups in total. The van der Waals surface area contributed by atoms with Crippen molar-refractivity contribution in [1.29, 1.82) is 0 Å². The molecule has 0 radical (unpaired) electrons. The molecule has 0 amide bonds. The zero-order valence-corrected chi connectivity index (χ0v) is 18.8. The highest BCUT2D eigenvalue weighted by molar-refractivity contribution is 6.32. The van der Waals surface area contributed by atoms with Gasteiger partial charge in [-0.25, -0.2) is 4.98 Å². The van der Waals surface area contributed by atoms with Crippen molar-refractivity contribution in [1.82, 2.24) is 4.98 Å². The molecule has 2 aliphatic rings. The quantitative estimate of drug-likeness (QED) is 0.537. The van der Waals surface area contributed by atoms with Crippen molar-refractivity contribution in [2.75, 3.05) is 23.0 Å². The summed E-state index contributed by atoms with van der Waals surface area (Å²) in [6.07, 6.45) is -0.635. The van der Waals surface area contributed by atoms with Crippen molar-refractivity contribution in [3.8, 4) is 5.75 Å². The summed E-state index contributed by atoms with van der Waals surface area (Å²) in [6.45, 7) is 2.96. The van der Waals surface area contributed by atoms with Gasteiger partial charge in [0.05, 0.1) is 16.8 Å². The molecule has 2 aromatic rings. The van der Waals surface area contributed by atoms with E-state index in [-0.39, 0.29) is 12.5 Å². The first-order chi connectivity index (χ1) is 15.8. The number of rotatable bonds is 6. The minimum Gasteiger partial charge on any atom is -0.490 e. The van der Waals surface area contributed by atoms with Crippen LogP contribution in [0.5, 0.6) is 5.75 Å². The lowest BCUT2D eigenvalue weighted by Gasteiger charge is -2.33. The maximum atomic E-state index is 13.3. The van der Waals surface area contributed by atoms with Gasteiger partial charge < -0.3 is 14.4 Å². The van der Waals surface area contributed by atoms with Crippen LogP contribution >= 0.6 is 11.6 Å².